The Morgan fingerprint density at radius 1 is 1.25 bits per heavy atom. The van der Waals surface area contributed by atoms with Gasteiger partial charge in [0.25, 0.3) is 0 Å². The summed E-state index contributed by atoms with van der Waals surface area (Å²) in [6.07, 6.45) is -1.51. The van der Waals surface area contributed by atoms with Gasteiger partial charge in [0.05, 0.1) is 11.2 Å². The second-order valence-corrected chi connectivity index (χ2v) is 4.65. The standard InChI is InChI=1S/C14H16F3N3/c1-2-3-4-9-5-6-11-10(7-9)12(20-18)8-13(19-11)14(15,16)17/h5-8H,2-4,18H2,1H3,(H,19,20). The highest BCUT2D eigenvalue weighted by molar-refractivity contribution is 5.91. The summed E-state index contributed by atoms with van der Waals surface area (Å²) in [7, 11) is 0. The van der Waals surface area contributed by atoms with E-state index in [1.165, 1.54) is 0 Å². The van der Waals surface area contributed by atoms with Crippen molar-refractivity contribution in [3.05, 3.63) is 35.5 Å². The monoisotopic (exact) mass is 283 g/mol. The van der Waals surface area contributed by atoms with Crippen LogP contribution in [0.4, 0.5) is 18.9 Å². The summed E-state index contributed by atoms with van der Waals surface area (Å²) in [5.74, 6) is 5.33. The number of nitrogens with two attached hydrogens (primary N) is 1. The maximum atomic E-state index is 12.7. The third-order valence-corrected chi connectivity index (χ3v) is 3.14. The van der Waals surface area contributed by atoms with Gasteiger partial charge in [-0.1, -0.05) is 19.4 Å². The molecule has 0 saturated carbocycles. The first-order valence-corrected chi connectivity index (χ1v) is 6.43. The summed E-state index contributed by atoms with van der Waals surface area (Å²) in [4.78, 5) is 3.66. The van der Waals surface area contributed by atoms with Crippen LogP contribution >= 0.6 is 0 Å². The zero-order valence-electron chi connectivity index (χ0n) is 11.1. The molecule has 0 saturated heterocycles. The Hall–Kier alpha value is -1.82. The minimum absolute atomic E-state index is 0.237. The molecule has 0 atom stereocenters. The van der Waals surface area contributed by atoms with Crippen molar-refractivity contribution < 1.29 is 13.2 Å². The molecule has 1 aromatic carbocycles. The Kier molecular flexibility index (Phi) is 4.13. The third kappa shape index (κ3) is 3.01. The van der Waals surface area contributed by atoms with Crippen molar-refractivity contribution in [1.82, 2.24) is 4.98 Å². The number of pyridine rings is 1. The van der Waals surface area contributed by atoms with Crippen molar-refractivity contribution in [2.45, 2.75) is 32.4 Å². The molecule has 20 heavy (non-hydrogen) atoms. The van der Waals surface area contributed by atoms with E-state index in [0.29, 0.717) is 5.39 Å². The molecular formula is C14H16F3N3. The number of alkyl halides is 3. The smallest absolute Gasteiger partial charge is 0.323 e. The summed E-state index contributed by atoms with van der Waals surface area (Å²) < 4.78 is 38.2. The first kappa shape index (κ1) is 14.6. The van der Waals surface area contributed by atoms with E-state index in [0.717, 1.165) is 30.9 Å². The molecule has 0 fully saturated rings. The maximum absolute atomic E-state index is 12.7. The summed E-state index contributed by atoms with van der Waals surface area (Å²) in [6.45, 7) is 2.09. The van der Waals surface area contributed by atoms with Gasteiger partial charge < -0.3 is 5.43 Å². The van der Waals surface area contributed by atoms with E-state index >= 15 is 0 Å². The van der Waals surface area contributed by atoms with Gasteiger partial charge in [-0.2, -0.15) is 13.2 Å². The molecule has 2 rings (SSSR count). The van der Waals surface area contributed by atoms with E-state index in [9.17, 15) is 13.2 Å². The number of nitrogens with zero attached hydrogens (tertiary/aromatic N) is 1. The van der Waals surface area contributed by atoms with Gasteiger partial charge in [0.15, 0.2) is 0 Å². The number of aromatic nitrogens is 1. The number of aryl methyl sites for hydroxylation is 1. The molecule has 3 nitrogen and oxygen atoms in total. The van der Waals surface area contributed by atoms with Crippen molar-refractivity contribution in [3.8, 4) is 0 Å². The fraction of sp³-hybridized carbons (Fsp3) is 0.357. The SMILES string of the molecule is CCCCc1ccc2nc(C(F)(F)F)cc(NN)c2c1. The highest BCUT2D eigenvalue weighted by atomic mass is 19.4. The lowest BCUT2D eigenvalue weighted by molar-refractivity contribution is -0.140. The van der Waals surface area contributed by atoms with E-state index in [4.69, 9.17) is 5.84 Å². The molecular weight excluding hydrogens is 267 g/mol. The average Bonchev–Trinajstić information content (AvgIpc) is 2.42. The first-order valence-electron chi connectivity index (χ1n) is 6.43. The Balaban J connectivity index is 2.53. The van der Waals surface area contributed by atoms with Crippen LogP contribution in [0.1, 0.15) is 31.0 Å². The lowest BCUT2D eigenvalue weighted by atomic mass is 10.0. The van der Waals surface area contributed by atoms with Gasteiger partial charge >= 0.3 is 6.18 Å². The molecule has 0 radical (unpaired) electrons. The van der Waals surface area contributed by atoms with Gasteiger partial charge in [-0.05, 0) is 36.6 Å². The Morgan fingerprint density at radius 2 is 2.00 bits per heavy atom. The fourth-order valence-corrected chi connectivity index (χ4v) is 2.07. The second kappa shape index (κ2) is 5.66. The Morgan fingerprint density at radius 3 is 2.60 bits per heavy atom. The molecule has 0 spiro atoms. The highest BCUT2D eigenvalue weighted by Crippen LogP contribution is 2.33. The minimum Gasteiger partial charge on any atom is -0.323 e. The summed E-state index contributed by atoms with van der Waals surface area (Å²) >= 11 is 0. The van der Waals surface area contributed by atoms with Crippen molar-refractivity contribution in [2.75, 3.05) is 5.43 Å². The van der Waals surface area contributed by atoms with E-state index in [-0.39, 0.29) is 11.2 Å². The molecule has 1 aromatic heterocycles. The zero-order chi connectivity index (χ0) is 14.8. The van der Waals surface area contributed by atoms with Crippen LogP contribution in [0.25, 0.3) is 10.9 Å². The molecule has 2 aromatic rings. The number of nitrogens with one attached hydrogen (secondary N) is 1. The van der Waals surface area contributed by atoms with E-state index in [1.807, 2.05) is 12.1 Å². The Labute approximate surface area is 115 Å². The number of hydrogen-bond acceptors (Lipinski definition) is 3. The topological polar surface area (TPSA) is 50.9 Å². The minimum atomic E-state index is -4.49. The predicted octanol–water partition coefficient (Wildman–Crippen LogP) is 3.88. The second-order valence-electron chi connectivity index (χ2n) is 4.65. The van der Waals surface area contributed by atoms with Crippen molar-refractivity contribution in [3.63, 3.8) is 0 Å². The van der Waals surface area contributed by atoms with E-state index < -0.39 is 11.9 Å². The first-order chi connectivity index (χ1) is 9.45. The molecule has 108 valence electrons. The van der Waals surface area contributed by atoms with Crippen LogP contribution in [0, 0.1) is 0 Å². The number of halogens is 3. The van der Waals surface area contributed by atoms with Crippen LogP contribution in [0.2, 0.25) is 0 Å². The van der Waals surface area contributed by atoms with E-state index in [2.05, 4.69) is 17.3 Å². The fourth-order valence-electron chi connectivity index (χ4n) is 2.07. The predicted molar refractivity (Wildman–Crippen MR) is 73.2 cm³/mol. The van der Waals surface area contributed by atoms with Crippen LogP contribution in [0.3, 0.4) is 0 Å². The number of fused-ring (bicyclic) bond motifs is 1. The zero-order valence-corrected chi connectivity index (χ0v) is 11.1. The van der Waals surface area contributed by atoms with Crippen LogP contribution in [-0.4, -0.2) is 4.98 Å². The lowest BCUT2D eigenvalue weighted by Gasteiger charge is -2.12. The van der Waals surface area contributed by atoms with Crippen LogP contribution in [0.15, 0.2) is 24.3 Å². The largest absolute Gasteiger partial charge is 0.433 e. The molecule has 1 heterocycles. The third-order valence-electron chi connectivity index (χ3n) is 3.14. The number of unbranched alkanes of at least 4 members (excludes halogenated alkanes) is 1. The number of benzene rings is 1. The lowest BCUT2D eigenvalue weighted by Crippen LogP contribution is -2.12. The molecule has 3 N–H and O–H groups in total. The van der Waals surface area contributed by atoms with Gasteiger partial charge in [0, 0.05) is 5.39 Å². The molecule has 0 amide bonds. The average molecular weight is 283 g/mol. The molecule has 6 heteroatoms. The maximum Gasteiger partial charge on any atom is 0.433 e. The summed E-state index contributed by atoms with van der Waals surface area (Å²) in [5.41, 5.74) is 2.97. The number of anilines is 1. The molecule has 0 aliphatic heterocycles. The number of rotatable bonds is 4. The van der Waals surface area contributed by atoms with Gasteiger partial charge in [0.2, 0.25) is 0 Å². The van der Waals surface area contributed by atoms with Gasteiger partial charge in [-0.3, -0.25) is 5.84 Å². The number of nitrogen functional groups attached to an aromatic ring is 1. The van der Waals surface area contributed by atoms with Crippen LogP contribution in [-0.2, 0) is 12.6 Å². The highest BCUT2D eigenvalue weighted by Gasteiger charge is 2.33. The summed E-state index contributed by atoms with van der Waals surface area (Å²) in [5, 5.41) is 0.606. The summed E-state index contributed by atoms with van der Waals surface area (Å²) in [6, 6.07) is 6.20. The number of hydrogen-bond donors (Lipinski definition) is 2. The normalized spacial score (nSPS) is 11.8. The van der Waals surface area contributed by atoms with Gasteiger partial charge in [0.1, 0.15) is 5.69 Å². The Bertz CT molecular complexity index is 608. The van der Waals surface area contributed by atoms with E-state index in [1.54, 1.807) is 6.07 Å². The van der Waals surface area contributed by atoms with Gasteiger partial charge in [-0.25, -0.2) is 4.98 Å². The molecule has 0 bridgehead atoms. The van der Waals surface area contributed by atoms with Crippen molar-refractivity contribution in [2.24, 2.45) is 5.84 Å². The quantitative estimate of drug-likeness (QED) is 0.661. The van der Waals surface area contributed by atoms with Crippen molar-refractivity contribution in [1.29, 1.82) is 0 Å². The molecule has 0 unspecified atom stereocenters. The number of hydrazine groups is 1. The van der Waals surface area contributed by atoms with Crippen LogP contribution < -0.4 is 11.3 Å². The van der Waals surface area contributed by atoms with Crippen LogP contribution in [0.5, 0.6) is 0 Å². The molecule has 0 aliphatic carbocycles. The van der Waals surface area contributed by atoms with Gasteiger partial charge in [-0.15, -0.1) is 0 Å². The molecule has 0 aliphatic rings. The van der Waals surface area contributed by atoms with Crippen molar-refractivity contribution >= 4 is 16.6 Å².